The predicted molar refractivity (Wildman–Crippen MR) is 89.3 cm³/mol. The topological polar surface area (TPSA) is 32.5 Å². The molecule has 0 aromatic rings. The second kappa shape index (κ2) is 6.29. The molecule has 0 aromatic heterocycles. The third-order valence-corrected chi connectivity index (χ3v) is 4.01. The fourth-order valence-corrected chi connectivity index (χ4v) is 2.69. The van der Waals surface area contributed by atoms with Crippen LogP contribution in [0.4, 0.5) is 4.79 Å². The molecule has 1 aliphatic carbocycles. The first-order valence-electron chi connectivity index (χ1n) is 8.02. The van der Waals surface area contributed by atoms with Crippen molar-refractivity contribution < 1.29 is 9.53 Å². The Hall–Kier alpha value is -1.55. The molecule has 122 valence electrons. The van der Waals surface area contributed by atoms with Crippen LogP contribution in [-0.2, 0) is 4.74 Å². The molecule has 1 saturated heterocycles. The molecule has 0 N–H and O–H groups in total. The van der Waals surface area contributed by atoms with Gasteiger partial charge in [0.1, 0.15) is 5.60 Å². The van der Waals surface area contributed by atoms with Gasteiger partial charge in [0.15, 0.2) is 0 Å². The van der Waals surface area contributed by atoms with Crippen LogP contribution in [0.2, 0.25) is 0 Å². The highest BCUT2D eigenvalue weighted by atomic mass is 16.6. The predicted octanol–water partition coefficient (Wildman–Crippen LogP) is 3.92. The molecule has 0 saturated carbocycles. The van der Waals surface area contributed by atoms with Crippen molar-refractivity contribution in [1.82, 2.24) is 10.0 Å². The Morgan fingerprint density at radius 1 is 1.41 bits per heavy atom. The molecule has 0 spiro atoms. The zero-order valence-electron chi connectivity index (χ0n) is 14.6. The summed E-state index contributed by atoms with van der Waals surface area (Å²) in [5.41, 5.74) is 2.18. The lowest BCUT2D eigenvalue weighted by Crippen LogP contribution is -2.38. The van der Waals surface area contributed by atoms with Gasteiger partial charge in [-0.2, -0.15) is 0 Å². The second-order valence-electron chi connectivity index (χ2n) is 7.09. The molecule has 0 aromatic carbocycles. The number of ether oxygens (including phenoxy) is 1. The zero-order valence-corrected chi connectivity index (χ0v) is 14.6. The standard InChI is InChI=1S/C18H28N2O2/c1-7-14-10-8-13(2)9-11-15(14)16-12-20(16)19(6)17(21)22-18(3,4)5/h8-11,14,16H,7,12H2,1-6H3. The van der Waals surface area contributed by atoms with Crippen LogP contribution in [0.25, 0.3) is 0 Å². The summed E-state index contributed by atoms with van der Waals surface area (Å²) in [5.74, 6) is 0.440. The molecule has 1 amide bonds. The van der Waals surface area contributed by atoms with E-state index < -0.39 is 5.60 Å². The van der Waals surface area contributed by atoms with Crippen molar-refractivity contribution >= 4 is 6.09 Å². The number of amides is 1. The van der Waals surface area contributed by atoms with E-state index in [1.165, 1.54) is 11.1 Å². The number of hydrogen-bond donors (Lipinski definition) is 0. The third-order valence-electron chi connectivity index (χ3n) is 4.01. The Morgan fingerprint density at radius 2 is 2.09 bits per heavy atom. The summed E-state index contributed by atoms with van der Waals surface area (Å²) in [6.07, 6.45) is 9.61. The van der Waals surface area contributed by atoms with Gasteiger partial charge in [0, 0.05) is 13.6 Å². The maximum atomic E-state index is 12.2. The Kier molecular flexibility index (Phi) is 4.81. The second-order valence-corrected chi connectivity index (χ2v) is 7.09. The Bertz CT molecular complexity index is 526. The van der Waals surface area contributed by atoms with Crippen molar-refractivity contribution in [3.05, 3.63) is 35.5 Å². The number of rotatable bonds is 3. The molecular formula is C18H28N2O2. The molecule has 3 atom stereocenters. The molecule has 2 rings (SSSR count). The van der Waals surface area contributed by atoms with E-state index >= 15 is 0 Å². The highest BCUT2D eigenvalue weighted by Crippen LogP contribution is 2.35. The van der Waals surface area contributed by atoms with E-state index in [2.05, 4.69) is 43.2 Å². The summed E-state index contributed by atoms with van der Waals surface area (Å²) in [5, 5.41) is 3.67. The zero-order chi connectivity index (χ0) is 16.5. The van der Waals surface area contributed by atoms with Crippen molar-refractivity contribution in [2.24, 2.45) is 5.92 Å². The highest BCUT2D eigenvalue weighted by Gasteiger charge is 2.44. The average molecular weight is 304 g/mol. The van der Waals surface area contributed by atoms with E-state index in [4.69, 9.17) is 4.74 Å². The quantitative estimate of drug-likeness (QED) is 0.741. The summed E-state index contributed by atoms with van der Waals surface area (Å²) >= 11 is 0. The van der Waals surface area contributed by atoms with Gasteiger partial charge in [0.05, 0.1) is 6.04 Å². The fraction of sp³-hybridized carbons (Fsp3) is 0.611. The maximum Gasteiger partial charge on any atom is 0.424 e. The third kappa shape index (κ3) is 4.01. The fourth-order valence-electron chi connectivity index (χ4n) is 2.69. The minimum Gasteiger partial charge on any atom is -0.443 e. The normalized spacial score (nSPS) is 27.6. The van der Waals surface area contributed by atoms with Gasteiger partial charge in [-0.25, -0.2) is 14.8 Å². The van der Waals surface area contributed by atoms with E-state index in [0.29, 0.717) is 12.0 Å². The first-order valence-corrected chi connectivity index (χ1v) is 8.02. The van der Waals surface area contributed by atoms with E-state index in [1.807, 2.05) is 20.8 Å². The van der Waals surface area contributed by atoms with Crippen LogP contribution in [0.3, 0.4) is 0 Å². The summed E-state index contributed by atoms with van der Waals surface area (Å²) < 4.78 is 5.43. The average Bonchev–Trinajstić information content (AvgIpc) is 3.19. The molecule has 0 bridgehead atoms. The van der Waals surface area contributed by atoms with Gasteiger partial charge < -0.3 is 4.74 Å². The number of carbonyl (C=O) groups is 1. The molecule has 3 unspecified atom stereocenters. The van der Waals surface area contributed by atoms with Crippen molar-refractivity contribution in [3.63, 3.8) is 0 Å². The van der Waals surface area contributed by atoms with Crippen LogP contribution in [0.15, 0.2) is 35.5 Å². The SMILES string of the molecule is CCC1C=CC(C)=CC=C1C1CN1N(C)C(=O)OC(C)(C)C. The lowest BCUT2D eigenvalue weighted by molar-refractivity contribution is -0.000716. The molecule has 2 aliphatic rings. The van der Waals surface area contributed by atoms with Crippen LogP contribution in [0.1, 0.15) is 41.0 Å². The summed E-state index contributed by atoms with van der Waals surface area (Å²) in [4.78, 5) is 12.2. The van der Waals surface area contributed by atoms with Crippen molar-refractivity contribution in [1.29, 1.82) is 0 Å². The van der Waals surface area contributed by atoms with Gasteiger partial charge in [0.2, 0.25) is 0 Å². The van der Waals surface area contributed by atoms with Gasteiger partial charge in [-0.3, -0.25) is 0 Å². The largest absolute Gasteiger partial charge is 0.443 e. The molecule has 4 heteroatoms. The van der Waals surface area contributed by atoms with Gasteiger partial charge in [-0.05, 0) is 45.6 Å². The van der Waals surface area contributed by atoms with E-state index in [1.54, 1.807) is 12.1 Å². The molecule has 1 heterocycles. The highest BCUT2D eigenvalue weighted by molar-refractivity contribution is 5.67. The molecule has 0 radical (unpaired) electrons. The lowest BCUT2D eigenvalue weighted by Gasteiger charge is -2.26. The van der Waals surface area contributed by atoms with Crippen molar-refractivity contribution in [2.45, 2.75) is 52.7 Å². The van der Waals surface area contributed by atoms with Crippen LogP contribution in [0.5, 0.6) is 0 Å². The lowest BCUT2D eigenvalue weighted by atomic mass is 9.93. The van der Waals surface area contributed by atoms with Gasteiger partial charge >= 0.3 is 6.09 Å². The van der Waals surface area contributed by atoms with Crippen LogP contribution in [-0.4, -0.2) is 41.3 Å². The minimum atomic E-state index is -0.465. The molecule has 22 heavy (non-hydrogen) atoms. The van der Waals surface area contributed by atoms with Crippen LogP contribution < -0.4 is 0 Å². The van der Waals surface area contributed by atoms with Crippen molar-refractivity contribution in [2.75, 3.05) is 13.6 Å². The van der Waals surface area contributed by atoms with E-state index in [-0.39, 0.29) is 6.09 Å². The summed E-state index contributed by atoms with van der Waals surface area (Å²) in [6.45, 7) is 10.8. The number of hydrogen-bond acceptors (Lipinski definition) is 3. The van der Waals surface area contributed by atoms with Gasteiger partial charge in [-0.15, -0.1) is 0 Å². The number of carbonyl (C=O) groups excluding carboxylic acids is 1. The summed E-state index contributed by atoms with van der Waals surface area (Å²) in [7, 11) is 1.78. The van der Waals surface area contributed by atoms with Crippen molar-refractivity contribution in [3.8, 4) is 0 Å². The Labute approximate surface area is 134 Å². The Morgan fingerprint density at radius 3 is 2.68 bits per heavy atom. The monoisotopic (exact) mass is 304 g/mol. The van der Waals surface area contributed by atoms with Crippen LogP contribution >= 0.6 is 0 Å². The number of hydrazine groups is 1. The molecule has 4 nitrogen and oxygen atoms in total. The first-order chi connectivity index (χ1) is 10.2. The van der Waals surface area contributed by atoms with E-state index in [9.17, 15) is 4.79 Å². The molecule has 1 aliphatic heterocycles. The summed E-state index contributed by atoms with van der Waals surface area (Å²) in [6, 6.07) is 0.300. The first kappa shape index (κ1) is 16.8. The van der Waals surface area contributed by atoms with Gasteiger partial charge in [0.25, 0.3) is 0 Å². The maximum absolute atomic E-state index is 12.2. The Balaban J connectivity index is 2.04. The minimum absolute atomic E-state index is 0.292. The number of nitrogens with zero attached hydrogens (tertiary/aromatic N) is 2. The van der Waals surface area contributed by atoms with Gasteiger partial charge in [-0.1, -0.05) is 36.8 Å². The number of allylic oxidation sites excluding steroid dienone is 5. The van der Waals surface area contributed by atoms with Crippen LogP contribution in [0, 0.1) is 5.92 Å². The smallest absolute Gasteiger partial charge is 0.424 e. The molecular weight excluding hydrogens is 276 g/mol. The molecule has 1 fully saturated rings. The van der Waals surface area contributed by atoms with E-state index in [0.717, 1.165) is 13.0 Å².